The van der Waals surface area contributed by atoms with Crippen LogP contribution in [-0.4, -0.2) is 5.91 Å². The second kappa shape index (κ2) is 7.60. The number of amides is 1. The Balaban J connectivity index is 1.86. The van der Waals surface area contributed by atoms with Gasteiger partial charge in [-0.25, -0.2) is 0 Å². The molecule has 2 heteroatoms. The topological polar surface area (TPSA) is 29.1 Å². The number of benzene rings is 3. The van der Waals surface area contributed by atoms with E-state index in [2.05, 4.69) is 5.32 Å². The first kappa shape index (κ1) is 16.0. The van der Waals surface area contributed by atoms with Gasteiger partial charge in [-0.3, -0.25) is 4.79 Å². The van der Waals surface area contributed by atoms with Gasteiger partial charge in [-0.15, -0.1) is 0 Å². The Morgan fingerprint density at radius 2 is 1.04 bits per heavy atom. The minimum Gasteiger partial charge on any atom is -0.345 e. The Labute approximate surface area is 143 Å². The quantitative estimate of drug-likeness (QED) is 0.727. The Hall–Kier alpha value is -2.87. The number of rotatable bonds is 5. The van der Waals surface area contributed by atoms with Gasteiger partial charge in [-0.2, -0.15) is 0 Å². The summed E-state index contributed by atoms with van der Waals surface area (Å²) in [6, 6.07) is 29.9. The molecule has 0 saturated heterocycles. The van der Waals surface area contributed by atoms with Crippen LogP contribution in [0.4, 0.5) is 0 Å². The van der Waals surface area contributed by atoms with Crippen LogP contribution in [0.3, 0.4) is 0 Å². The van der Waals surface area contributed by atoms with Crippen molar-refractivity contribution in [2.24, 2.45) is 0 Å². The van der Waals surface area contributed by atoms with Crippen molar-refractivity contribution >= 4 is 5.91 Å². The average Bonchev–Trinajstić information content (AvgIpc) is 2.67. The molecule has 120 valence electrons. The predicted octanol–water partition coefficient (Wildman–Crippen LogP) is 4.70. The predicted molar refractivity (Wildman–Crippen MR) is 97.7 cm³/mol. The maximum atomic E-state index is 12.8. The second-order valence-electron chi connectivity index (χ2n) is 5.90. The molecule has 3 aromatic rings. The van der Waals surface area contributed by atoms with Gasteiger partial charge in [0, 0.05) is 0 Å². The van der Waals surface area contributed by atoms with Crippen molar-refractivity contribution in [3.8, 4) is 0 Å². The van der Waals surface area contributed by atoms with Gasteiger partial charge in [0.2, 0.25) is 5.91 Å². The van der Waals surface area contributed by atoms with Crippen LogP contribution in [0.2, 0.25) is 0 Å². The third-order valence-electron chi connectivity index (χ3n) is 4.25. The Morgan fingerprint density at radius 1 is 0.667 bits per heavy atom. The highest BCUT2D eigenvalue weighted by Crippen LogP contribution is 2.24. The van der Waals surface area contributed by atoms with Crippen molar-refractivity contribution in [1.29, 1.82) is 0 Å². The minimum atomic E-state index is -0.193. The summed E-state index contributed by atoms with van der Waals surface area (Å²) in [5.74, 6) is -0.167. The van der Waals surface area contributed by atoms with Crippen molar-refractivity contribution in [2.75, 3.05) is 0 Å². The number of nitrogens with one attached hydrogen (secondary N) is 1. The third-order valence-corrected chi connectivity index (χ3v) is 4.25. The zero-order chi connectivity index (χ0) is 16.8. The number of carbonyl (C=O) groups is 1. The molecule has 0 bridgehead atoms. The van der Waals surface area contributed by atoms with E-state index in [-0.39, 0.29) is 17.9 Å². The van der Waals surface area contributed by atoms with Gasteiger partial charge in [0.05, 0.1) is 12.0 Å². The maximum Gasteiger partial charge on any atom is 0.228 e. The van der Waals surface area contributed by atoms with E-state index in [0.29, 0.717) is 0 Å². The summed E-state index contributed by atoms with van der Waals surface area (Å²) >= 11 is 0. The second-order valence-corrected chi connectivity index (χ2v) is 5.90. The molecule has 1 amide bonds. The Morgan fingerprint density at radius 3 is 1.46 bits per heavy atom. The summed E-state index contributed by atoms with van der Waals surface area (Å²) in [5.41, 5.74) is 3.18. The zero-order valence-electron chi connectivity index (χ0n) is 13.7. The van der Waals surface area contributed by atoms with E-state index in [4.69, 9.17) is 0 Å². The average molecular weight is 315 g/mol. The van der Waals surface area contributed by atoms with Crippen molar-refractivity contribution in [3.05, 3.63) is 108 Å². The first-order valence-corrected chi connectivity index (χ1v) is 8.21. The lowest BCUT2D eigenvalue weighted by Crippen LogP contribution is -2.32. The summed E-state index contributed by atoms with van der Waals surface area (Å²) in [5, 5.41) is 3.21. The maximum absolute atomic E-state index is 12.8. The Kier molecular flexibility index (Phi) is 5.07. The molecular weight excluding hydrogens is 294 g/mol. The van der Waals surface area contributed by atoms with Gasteiger partial charge >= 0.3 is 0 Å². The van der Waals surface area contributed by atoms with E-state index in [0.717, 1.165) is 16.7 Å². The van der Waals surface area contributed by atoms with E-state index >= 15 is 0 Å². The molecule has 1 atom stereocenters. The van der Waals surface area contributed by atoms with Crippen LogP contribution in [0.15, 0.2) is 91.0 Å². The van der Waals surface area contributed by atoms with Crippen LogP contribution in [0.5, 0.6) is 0 Å². The van der Waals surface area contributed by atoms with Crippen molar-refractivity contribution in [2.45, 2.75) is 18.9 Å². The fraction of sp³-hybridized carbons (Fsp3) is 0.136. The van der Waals surface area contributed by atoms with Gasteiger partial charge in [0.1, 0.15) is 0 Å². The summed E-state index contributed by atoms with van der Waals surface area (Å²) < 4.78 is 0. The van der Waals surface area contributed by atoms with E-state index in [1.165, 1.54) is 0 Å². The van der Waals surface area contributed by atoms with E-state index < -0.39 is 0 Å². The molecule has 0 unspecified atom stereocenters. The SMILES string of the molecule is C[C@H](C(=O)NC(c1ccccc1)c1ccccc1)c1ccccc1. The standard InChI is InChI=1S/C22H21NO/c1-17(18-11-5-2-6-12-18)22(24)23-21(19-13-7-3-8-14-19)20-15-9-4-10-16-20/h2-17,21H,1H3,(H,23,24)/t17-/m0/s1. The van der Waals surface area contributed by atoms with Crippen LogP contribution < -0.4 is 5.32 Å². The highest BCUT2D eigenvalue weighted by Gasteiger charge is 2.21. The monoisotopic (exact) mass is 315 g/mol. The lowest BCUT2D eigenvalue weighted by molar-refractivity contribution is -0.122. The molecule has 0 aromatic heterocycles. The summed E-state index contributed by atoms with van der Waals surface area (Å²) in [6.07, 6.45) is 0. The fourth-order valence-corrected chi connectivity index (χ4v) is 2.81. The van der Waals surface area contributed by atoms with Gasteiger partial charge in [-0.1, -0.05) is 91.0 Å². The lowest BCUT2D eigenvalue weighted by atomic mass is 9.96. The largest absolute Gasteiger partial charge is 0.345 e. The number of hydrogen-bond donors (Lipinski definition) is 1. The molecule has 3 rings (SSSR count). The molecule has 1 N–H and O–H groups in total. The van der Waals surface area contributed by atoms with Gasteiger partial charge in [-0.05, 0) is 23.6 Å². The van der Waals surface area contributed by atoms with Crippen LogP contribution in [0, 0.1) is 0 Å². The molecule has 0 aliphatic heterocycles. The molecule has 3 aromatic carbocycles. The van der Waals surface area contributed by atoms with Gasteiger partial charge < -0.3 is 5.32 Å². The summed E-state index contributed by atoms with van der Waals surface area (Å²) in [4.78, 5) is 12.8. The molecule has 0 radical (unpaired) electrons. The van der Waals surface area contributed by atoms with E-state index in [1.807, 2.05) is 97.9 Å². The van der Waals surface area contributed by atoms with Crippen molar-refractivity contribution in [1.82, 2.24) is 5.32 Å². The third kappa shape index (κ3) is 3.72. The van der Waals surface area contributed by atoms with Crippen LogP contribution >= 0.6 is 0 Å². The van der Waals surface area contributed by atoms with E-state index in [9.17, 15) is 4.79 Å². The number of carbonyl (C=O) groups excluding carboxylic acids is 1. The Bertz CT molecular complexity index is 729. The zero-order valence-corrected chi connectivity index (χ0v) is 13.7. The minimum absolute atomic E-state index is 0.0268. The highest BCUT2D eigenvalue weighted by molar-refractivity contribution is 5.84. The molecule has 0 spiro atoms. The number of hydrogen-bond acceptors (Lipinski definition) is 1. The molecular formula is C22H21NO. The van der Waals surface area contributed by atoms with Crippen LogP contribution in [0.1, 0.15) is 35.6 Å². The molecule has 2 nitrogen and oxygen atoms in total. The lowest BCUT2D eigenvalue weighted by Gasteiger charge is -2.22. The van der Waals surface area contributed by atoms with Crippen LogP contribution in [0.25, 0.3) is 0 Å². The van der Waals surface area contributed by atoms with Crippen molar-refractivity contribution < 1.29 is 4.79 Å². The first-order chi connectivity index (χ1) is 11.8. The van der Waals surface area contributed by atoms with Gasteiger partial charge in [0.15, 0.2) is 0 Å². The molecule has 0 aliphatic rings. The van der Waals surface area contributed by atoms with Crippen LogP contribution in [-0.2, 0) is 4.79 Å². The molecule has 0 heterocycles. The van der Waals surface area contributed by atoms with Crippen molar-refractivity contribution in [3.63, 3.8) is 0 Å². The molecule has 0 aliphatic carbocycles. The smallest absolute Gasteiger partial charge is 0.228 e. The molecule has 0 saturated carbocycles. The molecule has 0 fully saturated rings. The van der Waals surface area contributed by atoms with E-state index in [1.54, 1.807) is 0 Å². The summed E-state index contributed by atoms with van der Waals surface area (Å²) in [7, 11) is 0. The normalized spacial score (nSPS) is 11.9. The summed E-state index contributed by atoms with van der Waals surface area (Å²) in [6.45, 7) is 1.94. The highest BCUT2D eigenvalue weighted by atomic mass is 16.1. The fourth-order valence-electron chi connectivity index (χ4n) is 2.81. The van der Waals surface area contributed by atoms with Gasteiger partial charge in [0.25, 0.3) is 0 Å². The molecule has 24 heavy (non-hydrogen) atoms. The first-order valence-electron chi connectivity index (χ1n) is 8.21.